The molecule has 33 heavy (non-hydrogen) atoms. The van der Waals surface area contributed by atoms with Crippen LogP contribution >= 0.6 is 15.9 Å². The van der Waals surface area contributed by atoms with E-state index in [4.69, 9.17) is 24.5 Å². The molecule has 2 heterocycles. The molecule has 0 aliphatic heterocycles. The molecule has 0 saturated heterocycles. The molecule has 1 aliphatic rings. The SMILES string of the molecule is COc1ccc(-c2nc(Nc3ccccc3Br)c3c(C)nc(C4CCCC4)n3n2)cc1OC. The third-order valence-corrected chi connectivity index (χ3v) is 6.87. The van der Waals surface area contributed by atoms with Gasteiger partial charge in [0.25, 0.3) is 0 Å². The average Bonchev–Trinajstić information content (AvgIpc) is 3.48. The fourth-order valence-corrected chi connectivity index (χ4v) is 4.90. The summed E-state index contributed by atoms with van der Waals surface area (Å²) >= 11 is 3.63. The fourth-order valence-electron chi connectivity index (χ4n) is 4.51. The minimum atomic E-state index is 0.413. The van der Waals surface area contributed by atoms with Gasteiger partial charge in [-0.3, -0.25) is 0 Å². The van der Waals surface area contributed by atoms with Crippen LogP contribution in [-0.4, -0.2) is 33.8 Å². The van der Waals surface area contributed by atoms with Gasteiger partial charge in [0.2, 0.25) is 0 Å². The molecular weight excluding hydrogens is 482 g/mol. The van der Waals surface area contributed by atoms with Crippen molar-refractivity contribution in [3.8, 4) is 22.9 Å². The zero-order chi connectivity index (χ0) is 22.9. The molecule has 1 N–H and O–H groups in total. The lowest BCUT2D eigenvalue weighted by molar-refractivity contribution is 0.355. The number of anilines is 2. The number of fused-ring (bicyclic) bond motifs is 1. The van der Waals surface area contributed by atoms with E-state index in [2.05, 4.69) is 21.2 Å². The first-order valence-corrected chi connectivity index (χ1v) is 11.9. The Morgan fingerprint density at radius 1 is 1.00 bits per heavy atom. The van der Waals surface area contributed by atoms with Crippen molar-refractivity contribution in [2.24, 2.45) is 0 Å². The molecule has 5 rings (SSSR count). The van der Waals surface area contributed by atoms with Gasteiger partial charge in [0.1, 0.15) is 11.3 Å². The number of imidazole rings is 1. The minimum absolute atomic E-state index is 0.413. The summed E-state index contributed by atoms with van der Waals surface area (Å²) in [6.45, 7) is 2.03. The Morgan fingerprint density at radius 2 is 1.76 bits per heavy atom. The predicted molar refractivity (Wildman–Crippen MR) is 133 cm³/mol. The fraction of sp³-hybridized carbons (Fsp3) is 0.320. The lowest BCUT2D eigenvalue weighted by Crippen LogP contribution is -2.08. The summed E-state index contributed by atoms with van der Waals surface area (Å²) in [5.41, 5.74) is 3.59. The topological polar surface area (TPSA) is 73.6 Å². The largest absolute Gasteiger partial charge is 0.493 e. The molecule has 0 radical (unpaired) electrons. The van der Waals surface area contributed by atoms with Crippen molar-refractivity contribution in [1.29, 1.82) is 0 Å². The summed E-state index contributed by atoms with van der Waals surface area (Å²) in [5, 5.41) is 8.47. The Labute approximate surface area is 201 Å². The van der Waals surface area contributed by atoms with Crippen molar-refractivity contribution in [3.63, 3.8) is 0 Å². The van der Waals surface area contributed by atoms with Gasteiger partial charge in [0.05, 0.1) is 25.6 Å². The summed E-state index contributed by atoms with van der Waals surface area (Å²) in [6, 6.07) is 13.7. The number of aryl methyl sites for hydroxylation is 1. The second-order valence-corrected chi connectivity index (χ2v) is 9.11. The first-order valence-electron chi connectivity index (χ1n) is 11.1. The molecule has 4 aromatic rings. The molecule has 0 bridgehead atoms. The third kappa shape index (κ3) is 4.04. The molecule has 2 aromatic heterocycles. The van der Waals surface area contributed by atoms with Crippen molar-refractivity contribution in [2.75, 3.05) is 19.5 Å². The lowest BCUT2D eigenvalue weighted by Gasteiger charge is -2.14. The molecule has 7 nitrogen and oxygen atoms in total. The molecule has 1 fully saturated rings. The van der Waals surface area contributed by atoms with Crippen LogP contribution in [0.25, 0.3) is 16.9 Å². The highest BCUT2D eigenvalue weighted by Crippen LogP contribution is 2.37. The van der Waals surface area contributed by atoms with E-state index in [1.165, 1.54) is 12.8 Å². The normalized spacial score (nSPS) is 14.1. The van der Waals surface area contributed by atoms with Gasteiger partial charge >= 0.3 is 0 Å². The van der Waals surface area contributed by atoms with Crippen LogP contribution < -0.4 is 14.8 Å². The quantitative estimate of drug-likeness (QED) is 0.331. The number of rotatable bonds is 6. The number of hydrogen-bond donors (Lipinski definition) is 1. The summed E-state index contributed by atoms with van der Waals surface area (Å²) in [5.74, 6) is 4.04. The van der Waals surface area contributed by atoms with Crippen molar-refractivity contribution >= 4 is 33.0 Å². The maximum absolute atomic E-state index is 5.52. The van der Waals surface area contributed by atoms with E-state index in [0.29, 0.717) is 23.2 Å². The Morgan fingerprint density at radius 3 is 2.48 bits per heavy atom. The number of aromatic nitrogens is 4. The number of nitrogens with one attached hydrogen (secondary N) is 1. The van der Waals surface area contributed by atoms with E-state index >= 15 is 0 Å². The number of hydrogen-bond acceptors (Lipinski definition) is 6. The number of benzene rings is 2. The Bertz CT molecular complexity index is 1310. The maximum atomic E-state index is 5.52. The van der Waals surface area contributed by atoms with Crippen LogP contribution in [0.3, 0.4) is 0 Å². The highest BCUT2D eigenvalue weighted by atomic mass is 79.9. The maximum Gasteiger partial charge on any atom is 0.182 e. The van der Waals surface area contributed by atoms with Gasteiger partial charge in [-0.2, -0.15) is 0 Å². The van der Waals surface area contributed by atoms with Crippen molar-refractivity contribution in [3.05, 3.63) is 58.5 Å². The molecule has 170 valence electrons. The van der Waals surface area contributed by atoms with E-state index in [1.807, 2.05) is 53.9 Å². The van der Waals surface area contributed by atoms with E-state index < -0.39 is 0 Å². The van der Waals surface area contributed by atoms with Gasteiger partial charge in [-0.05, 0) is 66.0 Å². The molecule has 0 unspecified atom stereocenters. The van der Waals surface area contributed by atoms with Gasteiger partial charge in [0.15, 0.2) is 23.1 Å². The van der Waals surface area contributed by atoms with E-state index in [-0.39, 0.29) is 0 Å². The van der Waals surface area contributed by atoms with Crippen molar-refractivity contribution < 1.29 is 9.47 Å². The van der Waals surface area contributed by atoms with Crippen molar-refractivity contribution in [1.82, 2.24) is 19.6 Å². The summed E-state index contributed by atoms with van der Waals surface area (Å²) in [4.78, 5) is 9.90. The van der Waals surface area contributed by atoms with E-state index in [9.17, 15) is 0 Å². The highest BCUT2D eigenvalue weighted by molar-refractivity contribution is 9.10. The van der Waals surface area contributed by atoms with Crippen LogP contribution in [0.4, 0.5) is 11.5 Å². The van der Waals surface area contributed by atoms with E-state index in [0.717, 1.165) is 51.4 Å². The molecule has 2 aromatic carbocycles. The Balaban J connectivity index is 1.71. The molecule has 1 aliphatic carbocycles. The molecule has 0 atom stereocenters. The number of halogens is 1. The van der Waals surface area contributed by atoms with Gasteiger partial charge in [-0.15, -0.1) is 5.10 Å². The molecule has 8 heteroatoms. The van der Waals surface area contributed by atoms with Crippen LogP contribution in [0.1, 0.15) is 43.1 Å². The Hall–Kier alpha value is -3.13. The minimum Gasteiger partial charge on any atom is -0.493 e. The van der Waals surface area contributed by atoms with Crippen LogP contribution in [0.15, 0.2) is 46.9 Å². The van der Waals surface area contributed by atoms with Gasteiger partial charge in [-0.25, -0.2) is 14.5 Å². The summed E-state index contributed by atoms with van der Waals surface area (Å²) < 4.78 is 13.9. The van der Waals surface area contributed by atoms with Gasteiger partial charge in [-0.1, -0.05) is 25.0 Å². The smallest absolute Gasteiger partial charge is 0.182 e. The van der Waals surface area contributed by atoms with Crippen LogP contribution in [0, 0.1) is 6.92 Å². The zero-order valence-electron chi connectivity index (χ0n) is 18.9. The Kier molecular flexibility index (Phi) is 5.93. The van der Waals surface area contributed by atoms with Gasteiger partial charge in [0, 0.05) is 16.0 Å². The number of methoxy groups -OCH3 is 2. The summed E-state index contributed by atoms with van der Waals surface area (Å²) in [6.07, 6.45) is 4.74. The number of nitrogens with zero attached hydrogens (tertiary/aromatic N) is 4. The van der Waals surface area contributed by atoms with Crippen LogP contribution in [0.5, 0.6) is 11.5 Å². The van der Waals surface area contributed by atoms with Crippen LogP contribution in [0.2, 0.25) is 0 Å². The molecule has 1 saturated carbocycles. The van der Waals surface area contributed by atoms with Gasteiger partial charge < -0.3 is 14.8 Å². The highest BCUT2D eigenvalue weighted by Gasteiger charge is 2.26. The first-order chi connectivity index (χ1) is 16.1. The second kappa shape index (κ2) is 9.02. The molecule has 0 spiro atoms. The molecular formula is C25H26BrN5O2. The van der Waals surface area contributed by atoms with Crippen LogP contribution in [-0.2, 0) is 0 Å². The third-order valence-electron chi connectivity index (χ3n) is 6.18. The number of para-hydroxylation sites is 1. The summed E-state index contributed by atoms with van der Waals surface area (Å²) in [7, 11) is 3.25. The number of ether oxygens (including phenoxy) is 2. The lowest BCUT2D eigenvalue weighted by atomic mass is 10.1. The molecule has 0 amide bonds. The monoisotopic (exact) mass is 507 g/mol. The van der Waals surface area contributed by atoms with E-state index in [1.54, 1.807) is 14.2 Å². The van der Waals surface area contributed by atoms with Crippen molar-refractivity contribution in [2.45, 2.75) is 38.5 Å². The first kappa shape index (κ1) is 21.7. The average molecular weight is 508 g/mol. The second-order valence-electron chi connectivity index (χ2n) is 8.26. The predicted octanol–water partition coefficient (Wildman–Crippen LogP) is 6.28. The zero-order valence-corrected chi connectivity index (χ0v) is 20.5. The standard InChI is InChI=1S/C25H26BrN5O2/c1-15-22-24(28-19-11-7-6-10-18(19)26)29-23(17-12-13-20(32-2)21(14-17)33-3)30-31(22)25(27-15)16-8-4-5-9-16/h6-7,10-14,16H,4-5,8-9H2,1-3H3,(H,28,29,30).